The van der Waals surface area contributed by atoms with E-state index in [9.17, 15) is 4.79 Å². The number of hydrogen-bond acceptors (Lipinski definition) is 6. The summed E-state index contributed by atoms with van der Waals surface area (Å²) in [7, 11) is 0. The first kappa shape index (κ1) is 19.2. The highest BCUT2D eigenvalue weighted by molar-refractivity contribution is 5.94. The molecule has 0 spiro atoms. The average molecular weight is 405 g/mol. The first-order valence-electron chi connectivity index (χ1n) is 11.0. The summed E-state index contributed by atoms with van der Waals surface area (Å²) in [4.78, 5) is 25.6. The van der Waals surface area contributed by atoms with Crippen molar-refractivity contribution < 1.29 is 9.21 Å². The fraction of sp³-hybridized carbons (Fsp3) is 0.458. The minimum absolute atomic E-state index is 0.0686. The van der Waals surface area contributed by atoms with Gasteiger partial charge in [0.2, 0.25) is 5.65 Å². The first-order chi connectivity index (χ1) is 14.7. The van der Waals surface area contributed by atoms with E-state index in [0.717, 1.165) is 24.2 Å². The molecule has 0 amide bonds. The van der Waals surface area contributed by atoms with E-state index in [1.165, 1.54) is 45.2 Å². The molecule has 2 aliphatic rings. The Labute approximate surface area is 176 Å². The van der Waals surface area contributed by atoms with E-state index < -0.39 is 0 Å². The zero-order valence-corrected chi connectivity index (χ0v) is 17.5. The summed E-state index contributed by atoms with van der Waals surface area (Å²) in [6, 6.07) is 11.0. The summed E-state index contributed by atoms with van der Waals surface area (Å²) in [5.74, 6) is 0.0686. The van der Waals surface area contributed by atoms with Gasteiger partial charge in [-0.3, -0.25) is 4.79 Å². The summed E-state index contributed by atoms with van der Waals surface area (Å²) in [5.41, 5.74) is 4.03. The Kier molecular flexibility index (Phi) is 5.25. The van der Waals surface area contributed by atoms with Gasteiger partial charge in [-0.25, -0.2) is 4.98 Å². The second-order valence-electron chi connectivity index (χ2n) is 8.49. The SMILES string of the molecule is CC(=O)c1ccc(-c2cnc3nc(N4CCC(N5CCCCC5)CC4)oc3c2)cc1. The van der Waals surface area contributed by atoms with Crippen molar-refractivity contribution in [3.05, 3.63) is 42.1 Å². The fourth-order valence-electron chi connectivity index (χ4n) is 4.70. The van der Waals surface area contributed by atoms with E-state index in [0.29, 0.717) is 28.9 Å². The van der Waals surface area contributed by atoms with Gasteiger partial charge in [0.05, 0.1) is 0 Å². The van der Waals surface area contributed by atoms with Crippen LogP contribution in [-0.2, 0) is 0 Å². The number of anilines is 1. The number of carbonyl (C=O) groups is 1. The van der Waals surface area contributed by atoms with Crippen molar-refractivity contribution in [2.24, 2.45) is 0 Å². The molecule has 0 atom stereocenters. The molecular formula is C24H28N4O2. The predicted octanol–water partition coefficient (Wildman–Crippen LogP) is 4.55. The Morgan fingerprint density at radius 3 is 2.43 bits per heavy atom. The molecule has 5 rings (SSSR count). The van der Waals surface area contributed by atoms with E-state index in [4.69, 9.17) is 4.42 Å². The number of aromatic nitrogens is 2. The Morgan fingerprint density at radius 1 is 1.00 bits per heavy atom. The molecule has 2 saturated heterocycles. The van der Waals surface area contributed by atoms with Crippen LogP contribution in [0, 0.1) is 0 Å². The first-order valence-corrected chi connectivity index (χ1v) is 11.0. The lowest BCUT2D eigenvalue weighted by molar-refractivity contribution is 0.101. The lowest BCUT2D eigenvalue weighted by atomic mass is 10.0. The van der Waals surface area contributed by atoms with Gasteiger partial charge in [0.25, 0.3) is 6.01 Å². The van der Waals surface area contributed by atoms with Crippen molar-refractivity contribution in [1.29, 1.82) is 0 Å². The molecule has 0 bridgehead atoms. The number of piperidine rings is 2. The molecule has 30 heavy (non-hydrogen) atoms. The third-order valence-corrected chi connectivity index (χ3v) is 6.50. The number of nitrogens with zero attached hydrogens (tertiary/aromatic N) is 4. The van der Waals surface area contributed by atoms with E-state index >= 15 is 0 Å². The highest BCUT2D eigenvalue weighted by Gasteiger charge is 2.27. The number of benzene rings is 1. The number of likely N-dealkylation sites (tertiary alicyclic amines) is 1. The van der Waals surface area contributed by atoms with Crippen LogP contribution in [0.1, 0.15) is 49.4 Å². The zero-order chi connectivity index (χ0) is 20.5. The fourth-order valence-corrected chi connectivity index (χ4v) is 4.70. The molecule has 0 N–H and O–H groups in total. The smallest absolute Gasteiger partial charge is 0.299 e. The molecule has 0 saturated carbocycles. The normalized spacial score (nSPS) is 18.8. The van der Waals surface area contributed by atoms with Crippen LogP contribution in [0.5, 0.6) is 0 Å². The van der Waals surface area contributed by atoms with Crippen molar-refractivity contribution in [3.8, 4) is 11.1 Å². The maximum atomic E-state index is 11.5. The van der Waals surface area contributed by atoms with Crippen molar-refractivity contribution >= 4 is 23.0 Å². The Hall–Kier alpha value is -2.73. The van der Waals surface area contributed by atoms with Crippen molar-refractivity contribution in [3.63, 3.8) is 0 Å². The van der Waals surface area contributed by atoms with Gasteiger partial charge in [0, 0.05) is 36.5 Å². The largest absolute Gasteiger partial charge is 0.422 e. The van der Waals surface area contributed by atoms with Gasteiger partial charge in [-0.05, 0) is 57.3 Å². The molecule has 1 aromatic carbocycles. The Bertz CT molecular complexity index is 1030. The maximum Gasteiger partial charge on any atom is 0.299 e. The van der Waals surface area contributed by atoms with Crippen LogP contribution in [0.4, 0.5) is 6.01 Å². The quantitative estimate of drug-likeness (QED) is 0.595. The number of ketones is 1. The molecule has 4 heterocycles. The molecule has 6 heteroatoms. The molecule has 2 aliphatic heterocycles. The maximum absolute atomic E-state index is 11.5. The predicted molar refractivity (Wildman–Crippen MR) is 118 cm³/mol. The minimum atomic E-state index is 0.0686. The van der Waals surface area contributed by atoms with Crippen LogP contribution >= 0.6 is 0 Å². The topological polar surface area (TPSA) is 62.5 Å². The number of Topliss-reactive ketones (excluding diaryl/α,β-unsaturated/α-hetero) is 1. The summed E-state index contributed by atoms with van der Waals surface area (Å²) < 4.78 is 6.10. The van der Waals surface area contributed by atoms with Gasteiger partial charge in [0.1, 0.15) is 0 Å². The lowest BCUT2D eigenvalue weighted by Crippen LogP contribution is -2.46. The molecule has 0 unspecified atom stereocenters. The molecule has 2 fully saturated rings. The summed E-state index contributed by atoms with van der Waals surface area (Å²) in [5, 5.41) is 0. The number of pyridine rings is 1. The van der Waals surface area contributed by atoms with E-state index in [1.807, 2.05) is 36.5 Å². The van der Waals surface area contributed by atoms with Crippen LogP contribution < -0.4 is 4.90 Å². The average Bonchev–Trinajstić information content (AvgIpc) is 3.23. The van der Waals surface area contributed by atoms with Gasteiger partial charge >= 0.3 is 0 Å². The second kappa shape index (κ2) is 8.19. The van der Waals surface area contributed by atoms with E-state index in [-0.39, 0.29) is 5.78 Å². The third-order valence-electron chi connectivity index (χ3n) is 6.50. The number of oxazole rings is 1. The Morgan fingerprint density at radius 2 is 1.73 bits per heavy atom. The molecule has 3 aromatic rings. The standard InChI is InChI=1S/C24H28N4O2/c1-17(29)18-5-7-19(8-6-18)20-15-22-23(25-16-20)26-24(30-22)28-13-9-21(10-14-28)27-11-3-2-4-12-27/h5-8,15-16,21H,2-4,9-14H2,1H3. The van der Waals surface area contributed by atoms with Gasteiger partial charge in [0.15, 0.2) is 11.4 Å². The van der Waals surface area contributed by atoms with Gasteiger partial charge < -0.3 is 14.2 Å². The number of rotatable bonds is 4. The summed E-state index contributed by atoms with van der Waals surface area (Å²) >= 11 is 0. The summed E-state index contributed by atoms with van der Waals surface area (Å²) in [6.45, 7) is 6.05. The van der Waals surface area contributed by atoms with Crippen LogP contribution in [0.15, 0.2) is 40.9 Å². The number of hydrogen-bond donors (Lipinski definition) is 0. The minimum Gasteiger partial charge on any atom is -0.422 e. The molecule has 2 aromatic heterocycles. The van der Waals surface area contributed by atoms with E-state index in [2.05, 4.69) is 19.8 Å². The zero-order valence-electron chi connectivity index (χ0n) is 17.5. The van der Waals surface area contributed by atoms with Crippen LogP contribution in [0.25, 0.3) is 22.4 Å². The number of fused-ring (bicyclic) bond motifs is 1. The summed E-state index contributed by atoms with van der Waals surface area (Å²) in [6.07, 6.45) is 8.22. The molecule has 6 nitrogen and oxygen atoms in total. The highest BCUT2D eigenvalue weighted by Crippen LogP contribution is 2.29. The molecule has 0 aliphatic carbocycles. The van der Waals surface area contributed by atoms with Gasteiger partial charge in [-0.2, -0.15) is 4.98 Å². The Balaban J connectivity index is 1.30. The number of carbonyl (C=O) groups excluding carboxylic acids is 1. The highest BCUT2D eigenvalue weighted by atomic mass is 16.4. The molecular weight excluding hydrogens is 376 g/mol. The van der Waals surface area contributed by atoms with Crippen molar-refractivity contribution in [2.45, 2.75) is 45.1 Å². The van der Waals surface area contributed by atoms with Gasteiger partial charge in [-0.15, -0.1) is 0 Å². The van der Waals surface area contributed by atoms with Crippen LogP contribution in [-0.4, -0.2) is 52.9 Å². The second-order valence-corrected chi connectivity index (χ2v) is 8.49. The van der Waals surface area contributed by atoms with Crippen molar-refractivity contribution in [1.82, 2.24) is 14.9 Å². The van der Waals surface area contributed by atoms with E-state index in [1.54, 1.807) is 6.92 Å². The van der Waals surface area contributed by atoms with Crippen LogP contribution in [0.2, 0.25) is 0 Å². The van der Waals surface area contributed by atoms with Crippen molar-refractivity contribution in [2.75, 3.05) is 31.1 Å². The molecule has 0 radical (unpaired) electrons. The van der Waals surface area contributed by atoms with Crippen LogP contribution in [0.3, 0.4) is 0 Å². The molecule has 156 valence electrons. The monoisotopic (exact) mass is 404 g/mol. The third kappa shape index (κ3) is 3.84. The van der Waals surface area contributed by atoms with Gasteiger partial charge in [-0.1, -0.05) is 30.7 Å². The lowest BCUT2D eigenvalue weighted by Gasteiger charge is -2.39.